The van der Waals surface area contributed by atoms with E-state index in [1.54, 1.807) is 4.57 Å². The van der Waals surface area contributed by atoms with Crippen molar-refractivity contribution < 1.29 is 13.8 Å². The van der Waals surface area contributed by atoms with Crippen molar-refractivity contribution in [3.63, 3.8) is 0 Å². The normalized spacial score (nSPS) is 14.1. The van der Waals surface area contributed by atoms with Crippen LogP contribution in [-0.2, 0) is 17.9 Å². The van der Waals surface area contributed by atoms with E-state index in [0.717, 1.165) is 18.6 Å². The van der Waals surface area contributed by atoms with E-state index in [1.165, 1.54) is 0 Å². The van der Waals surface area contributed by atoms with E-state index in [1.807, 2.05) is 30.6 Å². The molecule has 0 radical (unpaired) electrons. The summed E-state index contributed by atoms with van der Waals surface area (Å²) in [6.45, 7) is 0.433. The summed E-state index contributed by atoms with van der Waals surface area (Å²) in [5.74, 6) is 1.92. The topological polar surface area (TPSA) is 99.0 Å². The van der Waals surface area contributed by atoms with Crippen molar-refractivity contribution in [2.45, 2.75) is 31.8 Å². The summed E-state index contributed by atoms with van der Waals surface area (Å²) >= 11 is 0. The summed E-state index contributed by atoms with van der Waals surface area (Å²) in [5, 5.41) is 10.6. The van der Waals surface area contributed by atoms with Crippen LogP contribution in [0.2, 0.25) is 0 Å². The van der Waals surface area contributed by atoms with E-state index in [2.05, 4.69) is 20.6 Å². The third-order valence-electron chi connectivity index (χ3n) is 3.63. The Morgan fingerprint density at radius 1 is 1.26 bits per heavy atom. The van der Waals surface area contributed by atoms with Gasteiger partial charge < -0.3 is 18.9 Å². The van der Waals surface area contributed by atoms with Gasteiger partial charge in [0.15, 0.2) is 5.69 Å². The molecule has 3 heterocycles. The third kappa shape index (κ3) is 3.15. The first kappa shape index (κ1) is 13.7. The predicted molar refractivity (Wildman–Crippen MR) is 78.0 cm³/mol. The van der Waals surface area contributed by atoms with Gasteiger partial charge in [-0.05, 0) is 25.0 Å². The zero-order chi connectivity index (χ0) is 15.6. The summed E-state index contributed by atoms with van der Waals surface area (Å²) < 4.78 is 12.2. The Labute approximate surface area is 131 Å². The number of amides is 1. The van der Waals surface area contributed by atoms with Crippen LogP contribution in [-0.4, -0.2) is 25.8 Å². The molecule has 8 nitrogen and oxygen atoms in total. The average molecular weight is 313 g/mol. The smallest absolute Gasteiger partial charge is 0.246 e. The molecule has 4 rings (SSSR count). The summed E-state index contributed by atoms with van der Waals surface area (Å²) in [7, 11) is 0. The van der Waals surface area contributed by atoms with Crippen LogP contribution in [0.4, 0.5) is 0 Å². The fraction of sp³-hybridized carbons (Fsp3) is 0.333. The van der Waals surface area contributed by atoms with E-state index >= 15 is 0 Å². The minimum Gasteiger partial charge on any atom is -0.360 e. The highest BCUT2D eigenvalue weighted by atomic mass is 16.5. The van der Waals surface area contributed by atoms with Gasteiger partial charge >= 0.3 is 0 Å². The van der Waals surface area contributed by atoms with Gasteiger partial charge in [0.05, 0.1) is 6.54 Å². The van der Waals surface area contributed by atoms with Gasteiger partial charge in [-0.25, -0.2) is 0 Å². The maximum atomic E-state index is 11.8. The monoisotopic (exact) mass is 313 g/mol. The molecule has 8 heteroatoms. The molecule has 1 saturated carbocycles. The fourth-order valence-corrected chi connectivity index (χ4v) is 2.26. The van der Waals surface area contributed by atoms with E-state index in [-0.39, 0.29) is 19.0 Å². The fourth-order valence-electron chi connectivity index (χ4n) is 2.26. The highest BCUT2D eigenvalue weighted by molar-refractivity contribution is 5.75. The molecule has 0 unspecified atom stereocenters. The van der Waals surface area contributed by atoms with Crippen molar-refractivity contribution in [2.75, 3.05) is 0 Å². The largest absolute Gasteiger partial charge is 0.360 e. The van der Waals surface area contributed by atoms with Crippen molar-refractivity contribution in [1.82, 2.24) is 25.2 Å². The number of nitrogens with one attached hydrogen (secondary N) is 1. The minimum absolute atomic E-state index is 0.126. The molecule has 1 aliphatic rings. The number of rotatable bonds is 6. The number of carbonyl (C=O) groups is 1. The van der Waals surface area contributed by atoms with Gasteiger partial charge in [-0.2, -0.15) is 4.98 Å². The Kier molecular flexibility index (Phi) is 3.41. The molecule has 1 N–H and O–H groups in total. The third-order valence-corrected chi connectivity index (χ3v) is 3.63. The van der Waals surface area contributed by atoms with E-state index in [9.17, 15) is 4.79 Å². The molecule has 0 aliphatic heterocycles. The molecular formula is C15H15N5O3. The first-order valence-corrected chi connectivity index (χ1v) is 7.45. The lowest BCUT2D eigenvalue weighted by molar-refractivity contribution is -0.121. The first-order chi connectivity index (χ1) is 11.3. The van der Waals surface area contributed by atoms with Gasteiger partial charge in [0.2, 0.25) is 17.6 Å². The lowest BCUT2D eigenvalue weighted by atomic mass is 10.3. The zero-order valence-electron chi connectivity index (χ0n) is 12.3. The van der Waals surface area contributed by atoms with E-state index in [4.69, 9.17) is 9.05 Å². The Morgan fingerprint density at radius 3 is 2.87 bits per heavy atom. The van der Waals surface area contributed by atoms with Crippen LogP contribution in [0.25, 0.3) is 11.5 Å². The second kappa shape index (κ2) is 5.71. The Morgan fingerprint density at radius 2 is 2.09 bits per heavy atom. The molecule has 0 aromatic carbocycles. The second-order valence-electron chi connectivity index (χ2n) is 5.53. The summed E-state index contributed by atoms with van der Waals surface area (Å²) in [5.41, 5.74) is 0.556. The Balaban J connectivity index is 1.34. The second-order valence-corrected chi connectivity index (χ2v) is 5.53. The molecule has 0 saturated heterocycles. The predicted octanol–water partition coefficient (Wildman–Crippen LogP) is 1.72. The standard InChI is InChI=1S/C15H15N5O3/c21-13(9-20-5-1-2-6-20)16-8-14-17-15(19-23-14)11-7-12(22-18-11)10-3-4-10/h1-2,5-7,10H,3-4,8-9H2,(H,16,21). The molecule has 1 aliphatic carbocycles. The average Bonchev–Trinajstić information content (AvgIpc) is 3.00. The molecule has 0 bridgehead atoms. The summed E-state index contributed by atoms with van der Waals surface area (Å²) in [6.07, 6.45) is 5.93. The van der Waals surface area contributed by atoms with Gasteiger partial charge in [-0.1, -0.05) is 10.3 Å². The highest BCUT2D eigenvalue weighted by Crippen LogP contribution is 2.40. The van der Waals surface area contributed by atoms with Crippen molar-refractivity contribution in [3.05, 3.63) is 42.2 Å². The highest BCUT2D eigenvalue weighted by Gasteiger charge is 2.28. The van der Waals surface area contributed by atoms with Crippen LogP contribution < -0.4 is 5.32 Å². The number of carbonyl (C=O) groups excluding carboxylic acids is 1. The molecular weight excluding hydrogens is 298 g/mol. The van der Waals surface area contributed by atoms with Crippen molar-refractivity contribution >= 4 is 5.91 Å². The van der Waals surface area contributed by atoms with Gasteiger partial charge in [0.25, 0.3) is 0 Å². The van der Waals surface area contributed by atoms with Crippen molar-refractivity contribution in [1.29, 1.82) is 0 Å². The Bertz CT molecular complexity index is 801. The number of hydrogen-bond donors (Lipinski definition) is 1. The van der Waals surface area contributed by atoms with Crippen LogP contribution in [0.3, 0.4) is 0 Å². The van der Waals surface area contributed by atoms with Crippen LogP contribution in [0.5, 0.6) is 0 Å². The van der Waals surface area contributed by atoms with Gasteiger partial charge in [0, 0.05) is 24.4 Å². The molecule has 0 spiro atoms. The number of aromatic nitrogens is 4. The van der Waals surface area contributed by atoms with Crippen LogP contribution in [0, 0.1) is 0 Å². The molecule has 118 valence electrons. The Hall–Kier alpha value is -2.90. The lowest BCUT2D eigenvalue weighted by Gasteiger charge is -2.02. The molecule has 3 aromatic rings. The summed E-state index contributed by atoms with van der Waals surface area (Å²) in [6, 6.07) is 5.58. The summed E-state index contributed by atoms with van der Waals surface area (Å²) in [4.78, 5) is 16.0. The number of nitrogens with zero attached hydrogens (tertiary/aromatic N) is 4. The van der Waals surface area contributed by atoms with E-state index in [0.29, 0.717) is 23.3 Å². The van der Waals surface area contributed by atoms with Crippen LogP contribution in [0.15, 0.2) is 39.6 Å². The molecule has 1 amide bonds. The maximum absolute atomic E-state index is 11.8. The molecule has 3 aromatic heterocycles. The first-order valence-electron chi connectivity index (χ1n) is 7.45. The van der Waals surface area contributed by atoms with Crippen LogP contribution in [0.1, 0.15) is 30.4 Å². The van der Waals surface area contributed by atoms with Gasteiger partial charge in [-0.3, -0.25) is 4.79 Å². The van der Waals surface area contributed by atoms with Crippen LogP contribution >= 0.6 is 0 Å². The molecule has 1 fully saturated rings. The van der Waals surface area contributed by atoms with Gasteiger partial charge in [0.1, 0.15) is 12.3 Å². The SMILES string of the molecule is O=C(Cn1cccc1)NCc1nc(-c2cc(C3CC3)on2)no1. The van der Waals surface area contributed by atoms with Gasteiger partial charge in [-0.15, -0.1) is 0 Å². The minimum atomic E-state index is -0.126. The lowest BCUT2D eigenvalue weighted by Crippen LogP contribution is -2.26. The number of hydrogen-bond acceptors (Lipinski definition) is 6. The maximum Gasteiger partial charge on any atom is 0.246 e. The quantitative estimate of drug-likeness (QED) is 0.744. The molecule has 23 heavy (non-hydrogen) atoms. The van der Waals surface area contributed by atoms with Crippen molar-refractivity contribution in [3.8, 4) is 11.5 Å². The molecule has 0 atom stereocenters. The zero-order valence-corrected chi connectivity index (χ0v) is 12.3. The van der Waals surface area contributed by atoms with Crippen molar-refractivity contribution in [2.24, 2.45) is 0 Å². The van der Waals surface area contributed by atoms with E-state index < -0.39 is 0 Å².